The average molecular weight is 344 g/mol. The summed E-state index contributed by atoms with van der Waals surface area (Å²) in [5.41, 5.74) is 1.37. The highest BCUT2D eigenvalue weighted by Crippen LogP contribution is 2.13. The molecular weight excluding hydrogens is 323 g/mol. The molecule has 0 fully saturated rings. The predicted octanol–water partition coefficient (Wildman–Crippen LogP) is 2.86. The van der Waals surface area contributed by atoms with Crippen LogP contribution in [0.5, 0.6) is 5.75 Å². The van der Waals surface area contributed by atoms with E-state index in [0.29, 0.717) is 18.7 Å². The van der Waals surface area contributed by atoms with E-state index in [1.54, 1.807) is 13.2 Å². The number of halogens is 1. The number of benzene rings is 2. The van der Waals surface area contributed by atoms with E-state index >= 15 is 0 Å². The number of nitrogens with zero attached hydrogens (tertiary/aromatic N) is 1. The van der Waals surface area contributed by atoms with Crippen molar-refractivity contribution in [3.63, 3.8) is 0 Å². The number of ether oxygens (including phenoxy) is 1. The highest BCUT2D eigenvalue weighted by molar-refractivity contribution is 5.94. The number of nitrogens with one attached hydrogen (secondary N) is 1. The molecule has 0 aromatic heterocycles. The molecule has 2 rings (SSSR count). The number of methoxy groups -OCH3 is 1. The fourth-order valence-corrected chi connectivity index (χ4v) is 2.38. The number of hydrogen-bond donors (Lipinski definition) is 1. The first kappa shape index (κ1) is 18.4. The van der Waals surface area contributed by atoms with Gasteiger partial charge in [0.2, 0.25) is 11.8 Å². The van der Waals surface area contributed by atoms with Gasteiger partial charge in [0.15, 0.2) is 0 Å². The summed E-state index contributed by atoms with van der Waals surface area (Å²) in [6.45, 7) is 1.73. The Balaban J connectivity index is 1.93. The van der Waals surface area contributed by atoms with Crippen LogP contribution in [0.3, 0.4) is 0 Å². The fraction of sp³-hybridized carbons (Fsp3) is 0.263. The van der Waals surface area contributed by atoms with Gasteiger partial charge >= 0.3 is 0 Å². The van der Waals surface area contributed by atoms with Crippen molar-refractivity contribution in [1.29, 1.82) is 0 Å². The lowest BCUT2D eigenvalue weighted by Gasteiger charge is -2.20. The molecule has 0 aliphatic rings. The molecule has 0 heterocycles. The minimum absolute atomic E-state index is 0.0875. The zero-order chi connectivity index (χ0) is 18.2. The Hall–Kier alpha value is -2.89. The first-order chi connectivity index (χ1) is 12.0. The minimum atomic E-state index is -0.431. The standard InChI is InChI=1S/C19H21FN2O3/c1-14(23)22(10-9-15-5-3-8-18(11-15)25-2)13-19(24)21-17-7-4-6-16(20)12-17/h3-8,11-12H,9-10,13H2,1-2H3,(H,21,24). The molecule has 0 atom stereocenters. The number of hydrogen-bond acceptors (Lipinski definition) is 3. The van der Waals surface area contributed by atoms with Gasteiger partial charge < -0.3 is 15.0 Å². The van der Waals surface area contributed by atoms with Crippen molar-refractivity contribution in [3.8, 4) is 5.75 Å². The molecule has 0 spiro atoms. The lowest BCUT2D eigenvalue weighted by atomic mass is 10.1. The van der Waals surface area contributed by atoms with Crippen LogP contribution in [0.1, 0.15) is 12.5 Å². The smallest absolute Gasteiger partial charge is 0.243 e. The molecule has 2 amide bonds. The molecule has 2 aromatic rings. The normalized spacial score (nSPS) is 10.2. The van der Waals surface area contributed by atoms with E-state index < -0.39 is 5.82 Å². The molecule has 0 saturated heterocycles. The van der Waals surface area contributed by atoms with Gasteiger partial charge in [-0.3, -0.25) is 9.59 Å². The largest absolute Gasteiger partial charge is 0.497 e. The van der Waals surface area contributed by atoms with Gasteiger partial charge in [-0.1, -0.05) is 18.2 Å². The molecule has 0 bridgehead atoms. The molecule has 0 saturated carbocycles. The van der Waals surface area contributed by atoms with E-state index in [2.05, 4.69) is 5.32 Å². The summed E-state index contributed by atoms with van der Waals surface area (Å²) in [6.07, 6.45) is 0.601. The lowest BCUT2D eigenvalue weighted by molar-refractivity contribution is -0.132. The number of carbonyl (C=O) groups is 2. The van der Waals surface area contributed by atoms with E-state index in [4.69, 9.17) is 4.74 Å². The first-order valence-corrected chi connectivity index (χ1v) is 7.92. The van der Waals surface area contributed by atoms with Gasteiger partial charge in [-0.25, -0.2) is 4.39 Å². The summed E-state index contributed by atoms with van der Waals surface area (Å²) in [5.74, 6) is -0.251. The highest BCUT2D eigenvalue weighted by atomic mass is 19.1. The van der Waals surface area contributed by atoms with E-state index in [0.717, 1.165) is 11.3 Å². The van der Waals surface area contributed by atoms with Crippen LogP contribution >= 0.6 is 0 Å². The molecule has 0 radical (unpaired) electrons. The molecule has 0 aliphatic heterocycles. The minimum Gasteiger partial charge on any atom is -0.497 e. The molecule has 0 aliphatic carbocycles. The summed E-state index contributed by atoms with van der Waals surface area (Å²) < 4.78 is 18.3. The molecule has 2 aromatic carbocycles. The summed E-state index contributed by atoms with van der Waals surface area (Å²) in [5, 5.41) is 2.59. The van der Waals surface area contributed by atoms with Crippen LogP contribution in [0.15, 0.2) is 48.5 Å². The van der Waals surface area contributed by atoms with Crippen molar-refractivity contribution in [2.45, 2.75) is 13.3 Å². The Bertz CT molecular complexity index is 749. The molecule has 6 heteroatoms. The maximum absolute atomic E-state index is 13.2. The second-order valence-corrected chi connectivity index (χ2v) is 5.60. The summed E-state index contributed by atoms with van der Waals surface area (Å²) in [6, 6.07) is 13.2. The Morgan fingerprint density at radius 3 is 2.60 bits per heavy atom. The number of anilines is 1. The topological polar surface area (TPSA) is 58.6 Å². The maximum Gasteiger partial charge on any atom is 0.243 e. The summed E-state index contributed by atoms with van der Waals surface area (Å²) in [4.78, 5) is 25.3. The Kier molecular flexibility index (Phi) is 6.51. The summed E-state index contributed by atoms with van der Waals surface area (Å²) >= 11 is 0. The van der Waals surface area contributed by atoms with Crippen LogP contribution in [0, 0.1) is 5.82 Å². The zero-order valence-electron chi connectivity index (χ0n) is 14.3. The Labute approximate surface area is 146 Å². The third kappa shape index (κ3) is 5.91. The van der Waals surface area contributed by atoms with Gasteiger partial charge in [-0.2, -0.15) is 0 Å². The van der Waals surface area contributed by atoms with Gasteiger partial charge in [-0.05, 0) is 42.3 Å². The van der Waals surface area contributed by atoms with Gasteiger partial charge in [-0.15, -0.1) is 0 Å². The van der Waals surface area contributed by atoms with Gasteiger partial charge in [0.1, 0.15) is 11.6 Å². The van der Waals surface area contributed by atoms with E-state index in [9.17, 15) is 14.0 Å². The molecule has 0 unspecified atom stereocenters. The van der Waals surface area contributed by atoms with E-state index in [1.807, 2.05) is 24.3 Å². The lowest BCUT2D eigenvalue weighted by Crippen LogP contribution is -2.38. The Morgan fingerprint density at radius 1 is 1.16 bits per heavy atom. The molecule has 132 valence electrons. The van der Waals surface area contributed by atoms with Crippen molar-refractivity contribution < 1.29 is 18.7 Å². The van der Waals surface area contributed by atoms with Crippen molar-refractivity contribution in [3.05, 3.63) is 59.9 Å². The zero-order valence-corrected chi connectivity index (χ0v) is 14.3. The van der Waals surface area contributed by atoms with Gasteiger partial charge in [0.25, 0.3) is 0 Å². The molecule has 5 nitrogen and oxygen atoms in total. The molecule has 25 heavy (non-hydrogen) atoms. The molecule has 1 N–H and O–H groups in total. The van der Waals surface area contributed by atoms with Crippen LogP contribution in [0.4, 0.5) is 10.1 Å². The van der Waals surface area contributed by atoms with Crippen molar-refractivity contribution in [2.24, 2.45) is 0 Å². The van der Waals surface area contributed by atoms with Crippen LogP contribution in [-0.2, 0) is 16.0 Å². The maximum atomic E-state index is 13.2. The fourth-order valence-electron chi connectivity index (χ4n) is 2.38. The number of carbonyl (C=O) groups excluding carboxylic acids is 2. The van der Waals surface area contributed by atoms with Gasteiger partial charge in [0, 0.05) is 19.2 Å². The highest BCUT2D eigenvalue weighted by Gasteiger charge is 2.14. The third-order valence-electron chi connectivity index (χ3n) is 3.69. The van der Waals surface area contributed by atoms with Crippen molar-refractivity contribution >= 4 is 17.5 Å². The van der Waals surface area contributed by atoms with Crippen molar-refractivity contribution in [1.82, 2.24) is 4.90 Å². The predicted molar refractivity (Wildman–Crippen MR) is 94.0 cm³/mol. The number of rotatable bonds is 7. The van der Waals surface area contributed by atoms with Crippen LogP contribution < -0.4 is 10.1 Å². The van der Waals surface area contributed by atoms with Crippen LogP contribution in [0.25, 0.3) is 0 Å². The van der Waals surface area contributed by atoms with Crippen LogP contribution in [-0.4, -0.2) is 36.9 Å². The Morgan fingerprint density at radius 2 is 1.92 bits per heavy atom. The average Bonchev–Trinajstić information content (AvgIpc) is 2.58. The first-order valence-electron chi connectivity index (χ1n) is 7.92. The second-order valence-electron chi connectivity index (χ2n) is 5.60. The SMILES string of the molecule is COc1cccc(CCN(CC(=O)Nc2cccc(F)c2)C(C)=O)c1. The second kappa shape index (κ2) is 8.82. The van der Waals surface area contributed by atoms with Gasteiger partial charge in [0.05, 0.1) is 13.7 Å². The van der Waals surface area contributed by atoms with Crippen molar-refractivity contribution in [2.75, 3.05) is 25.5 Å². The van der Waals surface area contributed by atoms with E-state index in [-0.39, 0.29) is 18.4 Å². The van der Waals surface area contributed by atoms with E-state index in [1.165, 1.54) is 30.0 Å². The number of amides is 2. The third-order valence-corrected chi connectivity index (χ3v) is 3.69. The summed E-state index contributed by atoms with van der Waals surface area (Å²) in [7, 11) is 1.59. The monoisotopic (exact) mass is 344 g/mol. The quantitative estimate of drug-likeness (QED) is 0.840. The van der Waals surface area contributed by atoms with Crippen LogP contribution in [0.2, 0.25) is 0 Å². The molecular formula is C19H21FN2O3.